The van der Waals surface area contributed by atoms with Crippen LogP contribution < -0.4 is 14.9 Å². The Balaban J connectivity index is 1.91. The summed E-state index contributed by atoms with van der Waals surface area (Å²) in [4.78, 5) is 23.2. The van der Waals surface area contributed by atoms with E-state index in [2.05, 4.69) is 15.3 Å². The first-order chi connectivity index (χ1) is 13.9. The Morgan fingerprint density at radius 1 is 1.24 bits per heavy atom. The second-order valence-electron chi connectivity index (χ2n) is 5.72. The van der Waals surface area contributed by atoms with Gasteiger partial charge in [0, 0.05) is 10.6 Å². The number of para-hydroxylation sites is 1. The van der Waals surface area contributed by atoms with Crippen LogP contribution in [0.4, 0.5) is 4.39 Å². The number of benzene rings is 2. The zero-order valence-corrected chi connectivity index (χ0v) is 16.6. The van der Waals surface area contributed by atoms with E-state index in [0.29, 0.717) is 16.3 Å². The summed E-state index contributed by atoms with van der Waals surface area (Å²) in [7, 11) is 0. The average molecular weight is 423 g/mol. The molecule has 0 bridgehead atoms. The normalized spacial score (nSPS) is 11.7. The van der Waals surface area contributed by atoms with Crippen molar-refractivity contribution >= 4 is 29.7 Å². The molecule has 0 spiro atoms. The van der Waals surface area contributed by atoms with Gasteiger partial charge in [-0.3, -0.25) is 4.79 Å². The molecule has 0 aliphatic carbocycles. The summed E-state index contributed by atoms with van der Waals surface area (Å²) in [6.45, 7) is 3.15. The van der Waals surface area contributed by atoms with E-state index >= 15 is 0 Å². The molecule has 0 aliphatic heterocycles. The number of carbonyl (C=O) groups is 2. The second kappa shape index (κ2) is 11.0. The van der Waals surface area contributed by atoms with Gasteiger partial charge in [-0.05, 0) is 49.7 Å². The van der Waals surface area contributed by atoms with Crippen molar-refractivity contribution < 1.29 is 28.2 Å². The van der Waals surface area contributed by atoms with E-state index in [4.69, 9.17) is 21.1 Å². The SMILES string of the molecule is CCOC(=O)C(F)Oc1ccccc1/C=N/NC(=O)COc1ccc(Cl)cc1C. The van der Waals surface area contributed by atoms with Crippen LogP contribution in [0.15, 0.2) is 47.6 Å². The molecule has 0 fully saturated rings. The second-order valence-corrected chi connectivity index (χ2v) is 6.15. The summed E-state index contributed by atoms with van der Waals surface area (Å²) < 4.78 is 28.7. The van der Waals surface area contributed by atoms with Crippen LogP contribution in [-0.2, 0) is 14.3 Å². The molecular formula is C20H20ClFN2O5. The van der Waals surface area contributed by atoms with E-state index in [1.54, 1.807) is 43.3 Å². The number of esters is 1. The summed E-state index contributed by atoms with van der Waals surface area (Å²) in [5, 5.41) is 4.37. The monoisotopic (exact) mass is 422 g/mol. The molecule has 0 radical (unpaired) electrons. The van der Waals surface area contributed by atoms with Crippen LogP contribution in [0.5, 0.6) is 11.5 Å². The van der Waals surface area contributed by atoms with Crippen molar-refractivity contribution in [1.29, 1.82) is 0 Å². The van der Waals surface area contributed by atoms with Gasteiger partial charge in [-0.2, -0.15) is 9.49 Å². The lowest BCUT2D eigenvalue weighted by atomic mass is 10.2. The van der Waals surface area contributed by atoms with Crippen molar-refractivity contribution in [3.63, 3.8) is 0 Å². The fourth-order valence-electron chi connectivity index (χ4n) is 2.19. The highest BCUT2D eigenvalue weighted by atomic mass is 35.5. The predicted molar refractivity (Wildman–Crippen MR) is 106 cm³/mol. The molecule has 0 saturated heterocycles. The maximum absolute atomic E-state index is 13.8. The van der Waals surface area contributed by atoms with Gasteiger partial charge < -0.3 is 14.2 Å². The zero-order valence-electron chi connectivity index (χ0n) is 15.9. The number of nitrogens with zero attached hydrogens (tertiary/aromatic N) is 1. The van der Waals surface area contributed by atoms with Crippen LogP contribution in [0.3, 0.4) is 0 Å². The Labute approximate surface area is 172 Å². The number of halogens is 2. The maximum Gasteiger partial charge on any atom is 0.381 e. The minimum Gasteiger partial charge on any atom is -0.483 e. The van der Waals surface area contributed by atoms with Gasteiger partial charge in [-0.15, -0.1) is 0 Å². The number of rotatable bonds is 9. The molecule has 2 aromatic carbocycles. The highest BCUT2D eigenvalue weighted by molar-refractivity contribution is 6.30. The fraction of sp³-hybridized carbons (Fsp3) is 0.250. The number of ether oxygens (including phenoxy) is 3. The molecule has 154 valence electrons. The molecule has 0 heterocycles. The van der Waals surface area contributed by atoms with Crippen LogP contribution >= 0.6 is 11.6 Å². The molecule has 9 heteroatoms. The first-order valence-electron chi connectivity index (χ1n) is 8.68. The number of hydrogen-bond acceptors (Lipinski definition) is 6. The number of hydrazone groups is 1. The van der Waals surface area contributed by atoms with E-state index in [0.717, 1.165) is 5.56 Å². The number of amides is 1. The van der Waals surface area contributed by atoms with Crippen LogP contribution in [0.25, 0.3) is 0 Å². The van der Waals surface area contributed by atoms with Gasteiger partial charge in [-0.25, -0.2) is 10.2 Å². The van der Waals surface area contributed by atoms with E-state index < -0.39 is 18.2 Å². The Morgan fingerprint density at radius 2 is 2.00 bits per heavy atom. The third-order valence-electron chi connectivity index (χ3n) is 3.51. The Bertz CT molecular complexity index is 891. The molecule has 0 saturated carbocycles. The number of hydrogen-bond donors (Lipinski definition) is 1. The van der Waals surface area contributed by atoms with E-state index in [1.807, 2.05) is 6.92 Å². The predicted octanol–water partition coefficient (Wildman–Crippen LogP) is 3.42. The van der Waals surface area contributed by atoms with Crippen molar-refractivity contribution in [3.05, 3.63) is 58.6 Å². The Hall–Kier alpha value is -3.13. The standard InChI is InChI=1S/C20H20ClFN2O5/c1-3-27-20(26)19(22)29-17-7-5-4-6-14(17)11-23-24-18(25)12-28-16-9-8-15(21)10-13(16)2/h4-11,19H,3,12H2,1-2H3,(H,24,25)/b23-11+. The first-order valence-corrected chi connectivity index (χ1v) is 9.05. The van der Waals surface area contributed by atoms with Crippen molar-refractivity contribution in [3.8, 4) is 11.5 Å². The van der Waals surface area contributed by atoms with E-state index in [9.17, 15) is 14.0 Å². The molecule has 1 atom stereocenters. The molecular weight excluding hydrogens is 403 g/mol. The van der Waals surface area contributed by atoms with Gasteiger partial charge in [0.05, 0.1) is 12.8 Å². The summed E-state index contributed by atoms with van der Waals surface area (Å²) in [6, 6.07) is 11.4. The molecule has 7 nitrogen and oxygen atoms in total. The minimum atomic E-state index is -2.27. The third-order valence-corrected chi connectivity index (χ3v) is 3.75. The Kier molecular flexibility index (Phi) is 8.42. The van der Waals surface area contributed by atoms with Gasteiger partial charge in [-0.1, -0.05) is 23.7 Å². The van der Waals surface area contributed by atoms with Crippen molar-refractivity contribution in [2.24, 2.45) is 5.10 Å². The van der Waals surface area contributed by atoms with Gasteiger partial charge in [0.2, 0.25) is 0 Å². The molecule has 1 N–H and O–H groups in total. The number of aryl methyl sites for hydroxylation is 1. The fourth-order valence-corrected chi connectivity index (χ4v) is 2.41. The largest absolute Gasteiger partial charge is 0.483 e. The number of nitrogens with one attached hydrogen (secondary N) is 1. The average Bonchev–Trinajstić information content (AvgIpc) is 2.68. The van der Waals surface area contributed by atoms with Crippen molar-refractivity contribution in [2.45, 2.75) is 20.2 Å². The molecule has 2 aromatic rings. The van der Waals surface area contributed by atoms with Crippen molar-refractivity contribution in [1.82, 2.24) is 5.43 Å². The number of alkyl halides is 1. The summed E-state index contributed by atoms with van der Waals surface area (Å²) in [5.41, 5.74) is 3.44. The molecule has 1 amide bonds. The third kappa shape index (κ3) is 7.08. The lowest BCUT2D eigenvalue weighted by Crippen LogP contribution is -2.25. The lowest BCUT2D eigenvalue weighted by Gasteiger charge is -2.12. The molecule has 0 aromatic heterocycles. The Morgan fingerprint density at radius 3 is 2.72 bits per heavy atom. The lowest BCUT2D eigenvalue weighted by molar-refractivity contribution is -0.159. The highest BCUT2D eigenvalue weighted by Crippen LogP contribution is 2.21. The highest BCUT2D eigenvalue weighted by Gasteiger charge is 2.21. The van der Waals surface area contributed by atoms with Crippen LogP contribution in [0, 0.1) is 6.92 Å². The minimum absolute atomic E-state index is 0.0371. The maximum atomic E-state index is 13.8. The van der Waals surface area contributed by atoms with Gasteiger partial charge >= 0.3 is 12.3 Å². The summed E-state index contributed by atoms with van der Waals surface area (Å²) >= 11 is 5.87. The number of carbonyl (C=O) groups excluding carboxylic acids is 2. The summed E-state index contributed by atoms with van der Waals surface area (Å²) in [5.74, 6) is -1.02. The van der Waals surface area contributed by atoms with Gasteiger partial charge in [0.1, 0.15) is 11.5 Å². The smallest absolute Gasteiger partial charge is 0.381 e. The van der Waals surface area contributed by atoms with Crippen molar-refractivity contribution in [2.75, 3.05) is 13.2 Å². The van der Waals surface area contributed by atoms with Crippen LogP contribution in [0.1, 0.15) is 18.1 Å². The zero-order chi connectivity index (χ0) is 21.2. The van der Waals surface area contributed by atoms with E-state index in [-0.39, 0.29) is 19.0 Å². The first kappa shape index (κ1) is 22.2. The van der Waals surface area contributed by atoms with Gasteiger partial charge in [0.15, 0.2) is 6.61 Å². The van der Waals surface area contributed by atoms with Gasteiger partial charge in [0.25, 0.3) is 5.91 Å². The summed E-state index contributed by atoms with van der Waals surface area (Å²) in [6.07, 6.45) is -1.01. The molecule has 0 aliphatic rings. The molecule has 2 rings (SSSR count). The molecule has 1 unspecified atom stereocenters. The van der Waals surface area contributed by atoms with Crippen LogP contribution in [-0.4, -0.2) is 37.7 Å². The topological polar surface area (TPSA) is 86.2 Å². The molecule has 29 heavy (non-hydrogen) atoms. The van der Waals surface area contributed by atoms with E-state index in [1.165, 1.54) is 12.3 Å². The van der Waals surface area contributed by atoms with Crippen LogP contribution in [0.2, 0.25) is 5.02 Å². The quantitative estimate of drug-likeness (QED) is 0.380.